The zero-order valence-corrected chi connectivity index (χ0v) is 19.2. The van der Waals surface area contributed by atoms with Crippen LogP contribution in [0.2, 0.25) is 0 Å². The lowest BCUT2D eigenvalue weighted by molar-refractivity contribution is -0.216. The SMILES string of the molecule is COC(CC[C@H]1CCC2C3CC[C@H]4C[C@@](C)(O)CC[C@]4(C)C3CC[C@@]21C)C(F)(F)F. The standard InChI is InChI=1S/C25H41F3O2/c1-22(29)13-14-24(3)17(15-22)5-8-18-19-9-6-16(23(19,2)12-11-20(18)24)7-10-21(30-4)25(26,27)28/h16-21,29H,5-15H2,1-4H3/t16-,17+,18?,19?,20?,21?,22+,23-,24+/m1/s1. The van der Waals surface area contributed by atoms with Gasteiger partial charge < -0.3 is 9.84 Å². The monoisotopic (exact) mass is 430 g/mol. The molecule has 0 heterocycles. The Bertz CT molecular complexity index is 632. The van der Waals surface area contributed by atoms with Crippen molar-refractivity contribution in [2.45, 2.75) is 109 Å². The van der Waals surface area contributed by atoms with Gasteiger partial charge >= 0.3 is 6.18 Å². The maximum absolute atomic E-state index is 13.2. The molecule has 4 rings (SSSR count). The molecule has 4 aliphatic rings. The van der Waals surface area contributed by atoms with Gasteiger partial charge in [0.15, 0.2) is 6.10 Å². The minimum Gasteiger partial charge on any atom is -0.390 e. The van der Waals surface area contributed by atoms with Crippen molar-refractivity contribution in [3.63, 3.8) is 0 Å². The first kappa shape index (κ1) is 22.9. The van der Waals surface area contributed by atoms with Crippen LogP contribution >= 0.6 is 0 Å². The zero-order chi connectivity index (χ0) is 21.9. The summed E-state index contributed by atoms with van der Waals surface area (Å²) in [5.74, 6) is 3.12. The largest absolute Gasteiger partial charge is 0.414 e. The summed E-state index contributed by atoms with van der Waals surface area (Å²) in [5.41, 5.74) is 0.0193. The normalized spacial score (nSPS) is 49.8. The van der Waals surface area contributed by atoms with Gasteiger partial charge in [-0.1, -0.05) is 13.8 Å². The highest BCUT2D eigenvalue weighted by Gasteiger charge is 2.60. The van der Waals surface area contributed by atoms with Crippen LogP contribution in [0.5, 0.6) is 0 Å². The summed E-state index contributed by atoms with van der Waals surface area (Å²) < 4.78 is 44.2. The highest BCUT2D eigenvalue weighted by molar-refractivity contribution is 5.10. The van der Waals surface area contributed by atoms with E-state index in [1.807, 2.05) is 6.92 Å². The second-order valence-corrected chi connectivity index (χ2v) is 12.0. The van der Waals surface area contributed by atoms with Crippen molar-refractivity contribution in [1.29, 1.82) is 0 Å². The average molecular weight is 431 g/mol. The number of hydrogen-bond donors (Lipinski definition) is 1. The molecule has 0 aliphatic heterocycles. The molecule has 0 aromatic heterocycles. The first-order valence-electron chi connectivity index (χ1n) is 12.2. The highest BCUT2D eigenvalue weighted by atomic mass is 19.4. The Morgan fingerprint density at radius 2 is 1.63 bits per heavy atom. The van der Waals surface area contributed by atoms with Crippen LogP contribution in [-0.4, -0.2) is 30.1 Å². The molecule has 2 nitrogen and oxygen atoms in total. The van der Waals surface area contributed by atoms with E-state index in [1.54, 1.807) is 0 Å². The minimum atomic E-state index is -4.26. The van der Waals surface area contributed by atoms with E-state index in [1.165, 1.54) is 32.8 Å². The number of methoxy groups -OCH3 is 1. The quantitative estimate of drug-likeness (QED) is 0.534. The van der Waals surface area contributed by atoms with E-state index in [0.29, 0.717) is 29.6 Å². The number of hydrogen-bond acceptors (Lipinski definition) is 2. The third-order valence-electron chi connectivity index (χ3n) is 10.6. The van der Waals surface area contributed by atoms with Gasteiger partial charge in [0.1, 0.15) is 0 Å². The minimum absolute atomic E-state index is 0.0932. The highest BCUT2D eigenvalue weighted by Crippen LogP contribution is 2.68. The van der Waals surface area contributed by atoms with E-state index in [4.69, 9.17) is 4.74 Å². The molecule has 4 aliphatic carbocycles. The second kappa shape index (κ2) is 7.64. The van der Waals surface area contributed by atoms with E-state index in [9.17, 15) is 18.3 Å². The van der Waals surface area contributed by atoms with Crippen molar-refractivity contribution in [2.24, 2.45) is 40.4 Å². The molecule has 4 fully saturated rings. The van der Waals surface area contributed by atoms with Crippen LogP contribution in [-0.2, 0) is 4.74 Å². The molecule has 1 N–H and O–H groups in total. The smallest absolute Gasteiger partial charge is 0.390 e. The lowest BCUT2D eigenvalue weighted by Gasteiger charge is -2.62. The van der Waals surface area contributed by atoms with Crippen molar-refractivity contribution in [3.8, 4) is 0 Å². The summed E-state index contributed by atoms with van der Waals surface area (Å²) in [7, 11) is 1.18. The van der Waals surface area contributed by atoms with Crippen molar-refractivity contribution < 1.29 is 23.0 Å². The number of aliphatic hydroxyl groups is 1. The fraction of sp³-hybridized carbons (Fsp3) is 1.00. The van der Waals surface area contributed by atoms with E-state index < -0.39 is 17.9 Å². The summed E-state index contributed by atoms with van der Waals surface area (Å²) in [6.07, 6.45) is 4.90. The Balaban J connectivity index is 1.46. The van der Waals surface area contributed by atoms with Crippen molar-refractivity contribution in [3.05, 3.63) is 0 Å². The van der Waals surface area contributed by atoms with Gasteiger partial charge in [-0.25, -0.2) is 0 Å². The van der Waals surface area contributed by atoms with Gasteiger partial charge in [-0.15, -0.1) is 0 Å². The molecular formula is C25H41F3O2. The molecule has 5 heteroatoms. The van der Waals surface area contributed by atoms with Crippen LogP contribution in [0.25, 0.3) is 0 Å². The van der Waals surface area contributed by atoms with Gasteiger partial charge in [-0.2, -0.15) is 13.2 Å². The summed E-state index contributed by atoms with van der Waals surface area (Å²) in [5, 5.41) is 10.6. The fourth-order valence-electron chi connectivity index (χ4n) is 8.78. The molecule has 0 bridgehead atoms. The molecule has 0 amide bonds. The molecule has 30 heavy (non-hydrogen) atoms. The second-order valence-electron chi connectivity index (χ2n) is 12.0. The maximum atomic E-state index is 13.2. The van der Waals surface area contributed by atoms with Gasteiger partial charge in [0, 0.05) is 7.11 Å². The molecular weight excluding hydrogens is 389 g/mol. The number of fused-ring (bicyclic) bond motifs is 5. The Morgan fingerprint density at radius 1 is 0.933 bits per heavy atom. The number of rotatable bonds is 4. The van der Waals surface area contributed by atoms with Crippen molar-refractivity contribution >= 4 is 0 Å². The first-order valence-corrected chi connectivity index (χ1v) is 12.2. The molecule has 0 aromatic carbocycles. The van der Waals surface area contributed by atoms with Gasteiger partial charge in [0.2, 0.25) is 0 Å². The molecule has 0 aromatic rings. The van der Waals surface area contributed by atoms with Crippen LogP contribution in [0.15, 0.2) is 0 Å². The number of halogens is 3. The van der Waals surface area contributed by atoms with Gasteiger partial charge in [0.25, 0.3) is 0 Å². The van der Waals surface area contributed by atoms with Crippen LogP contribution in [0.4, 0.5) is 13.2 Å². The lowest BCUT2D eigenvalue weighted by atomic mass is 9.44. The predicted octanol–water partition coefficient (Wildman–Crippen LogP) is 6.75. The average Bonchev–Trinajstić information content (AvgIpc) is 2.98. The van der Waals surface area contributed by atoms with Crippen molar-refractivity contribution in [1.82, 2.24) is 0 Å². The molecule has 4 unspecified atom stereocenters. The molecule has 0 spiro atoms. The first-order chi connectivity index (χ1) is 13.9. The number of ether oxygens (including phenoxy) is 1. The molecule has 0 saturated heterocycles. The van der Waals surface area contributed by atoms with Crippen LogP contribution in [0, 0.1) is 40.4 Å². The zero-order valence-electron chi connectivity index (χ0n) is 19.2. The summed E-state index contributed by atoms with van der Waals surface area (Å²) in [6.45, 7) is 6.89. The van der Waals surface area contributed by atoms with Gasteiger partial charge in [0.05, 0.1) is 5.60 Å². The molecule has 4 saturated carbocycles. The van der Waals surface area contributed by atoms with Crippen LogP contribution < -0.4 is 0 Å². The van der Waals surface area contributed by atoms with Gasteiger partial charge in [-0.05, 0) is 118 Å². The Kier molecular flexibility index (Phi) is 5.83. The van der Waals surface area contributed by atoms with E-state index in [2.05, 4.69) is 13.8 Å². The van der Waals surface area contributed by atoms with Crippen LogP contribution in [0.1, 0.15) is 91.4 Å². The third-order valence-corrected chi connectivity index (χ3v) is 10.6. The Hall–Kier alpha value is -0.290. The summed E-state index contributed by atoms with van der Waals surface area (Å²) in [4.78, 5) is 0. The lowest BCUT2D eigenvalue weighted by Crippen LogP contribution is -2.55. The maximum Gasteiger partial charge on any atom is 0.414 e. The fourth-order valence-corrected chi connectivity index (χ4v) is 8.78. The number of alkyl halides is 3. The molecule has 9 atom stereocenters. The Morgan fingerprint density at radius 3 is 2.30 bits per heavy atom. The van der Waals surface area contributed by atoms with Gasteiger partial charge in [-0.3, -0.25) is 0 Å². The third kappa shape index (κ3) is 3.74. The van der Waals surface area contributed by atoms with E-state index in [-0.39, 0.29) is 11.8 Å². The molecule has 174 valence electrons. The van der Waals surface area contributed by atoms with Crippen LogP contribution in [0.3, 0.4) is 0 Å². The molecule has 0 radical (unpaired) electrons. The summed E-state index contributed by atoms with van der Waals surface area (Å²) in [6, 6.07) is 0. The van der Waals surface area contributed by atoms with E-state index >= 15 is 0 Å². The predicted molar refractivity (Wildman–Crippen MR) is 112 cm³/mol. The summed E-state index contributed by atoms with van der Waals surface area (Å²) >= 11 is 0. The van der Waals surface area contributed by atoms with Crippen molar-refractivity contribution in [2.75, 3.05) is 7.11 Å². The van der Waals surface area contributed by atoms with E-state index in [0.717, 1.165) is 43.9 Å². The Labute approximate surface area is 180 Å². The topological polar surface area (TPSA) is 29.5 Å².